The quantitative estimate of drug-likeness (QED) is 0.881. The molecule has 1 aromatic carbocycles. The second-order valence-electron chi connectivity index (χ2n) is 4.29. The summed E-state index contributed by atoms with van der Waals surface area (Å²) in [6, 6.07) is 5.71. The van der Waals surface area contributed by atoms with Crippen molar-refractivity contribution >= 4 is 16.8 Å². The largest absolute Gasteiger partial charge is 0.459 e. The third kappa shape index (κ3) is 1.59. The minimum Gasteiger partial charge on any atom is -0.459 e. The van der Waals surface area contributed by atoms with Crippen molar-refractivity contribution in [2.45, 2.75) is 19.6 Å². The zero-order chi connectivity index (χ0) is 12.7. The fourth-order valence-electron chi connectivity index (χ4n) is 2.04. The standard InChI is InChI=1S/C13H14N2O3/c1-3-12-17-7-11(18-12)8-4-5-10-9(6-8)14-13(16)15(10)2/h4-7,12H,3H2,1-2H3,(H,14,16). The van der Waals surface area contributed by atoms with Crippen molar-refractivity contribution in [2.75, 3.05) is 0 Å². The van der Waals surface area contributed by atoms with E-state index in [0.717, 1.165) is 23.0 Å². The average molecular weight is 246 g/mol. The normalized spacial score (nSPS) is 18.6. The number of fused-ring (bicyclic) bond motifs is 1. The van der Waals surface area contributed by atoms with Crippen molar-refractivity contribution in [3.05, 3.63) is 40.5 Å². The number of nitrogens with one attached hydrogen (secondary N) is 1. The van der Waals surface area contributed by atoms with E-state index in [1.807, 2.05) is 25.1 Å². The Morgan fingerprint density at radius 1 is 1.44 bits per heavy atom. The van der Waals surface area contributed by atoms with Gasteiger partial charge in [0.2, 0.25) is 6.29 Å². The van der Waals surface area contributed by atoms with E-state index in [1.54, 1.807) is 17.9 Å². The van der Waals surface area contributed by atoms with Crippen LogP contribution in [0.2, 0.25) is 0 Å². The van der Waals surface area contributed by atoms with Crippen LogP contribution in [0.5, 0.6) is 0 Å². The van der Waals surface area contributed by atoms with Crippen molar-refractivity contribution in [3.8, 4) is 0 Å². The van der Waals surface area contributed by atoms with Gasteiger partial charge in [-0.2, -0.15) is 0 Å². The van der Waals surface area contributed by atoms with Gasteiger partial charge in [-0.1, -0.05) is 6.92 Å². The van der Waals surface area contributed by atoms with Crippen molar-refractivity contribution in [1.82, 2.24) is 9.55 Å². The lowest BCUT2D eigenvalue weighted by Crippen LogP contribution is -2.11. The molecule has 0 amide bonds. The molecule has 1 aliphatic heterocycles. The maximum Gasteiger partial charge on any atom is 0.326 e. The molecule has 0 saturated carbocycles. The molecular formula is C13H14N2O3. The van der Waals surface area contributed by atoms with Crippen LogP contribution in [0.25, 0.3) is 16.8 Å². The topological polar surface area (TPSA) is 56.2 Å². The highest BCUT2D eigenvalue weighted by molar-refractivity contribution is 5.79. The van der Waals surface area contributed by atoms with Crippen LogP contribution < -0.4 is 5.69 Å². The first-order valence-corrected chi connectivity index (χ1v) is 5.90. The Balaban J connectivity index is 2.02. The number of hydrogen-bond acceptors (Lipinski definition) is 3. The molecule has 3 rings (SSSR count). The number of H-pyrrole nitrogens is 1. The molecule has 0 bridgehead atoms. The van der Waals surface area contributed by atoms with Gasteiger partial charge in [0.1, 0.15) is 6.26 Å². The maximum absolute atomic E-state index is 11.5. The summed E-state index contributed by atoms with van der Waals surface area (Å²) in [7, 11) is 1.74. The SMILES string of the molecule is CCC1OC=C(c2ccc3c(c2)[nH]c(=O)n3C)O1. The van der Waals surface area contributed by atoms with E-state index in [0.29, 0.717) is 5.76 Å². The van der Waals surface area contributed by atoms with Crippen molar-refractivity contribution in [3.63, 3.8) is 0 Å². The smallest absolute Gasteiger partial charge is 0.326 e. The minimum atomic E-state index is -0.203. The van der Waals surface area contributed by atoms with Crippen LogP contribution in [0.1, 0.15) is 18.9 Å². The van der Waals surface area contributed by atoms with Crippen LogP contribution in [-0.4, -0.2) is 15.8 Å². The third-order valence-corrected chi connectivity index (χ3v) is 3.11. The van der Waals surface area contributed by atoms with Gasteiger partial charge in [0.15, 0.2) is 5.76 Å². The fraction of sp³-hybridized carbons (Fsp3) is 0.308. The predicted octanol–water partition coefficient (Wildman–Crippen LogP) is 1.95. The lowest BCUT2D eigenvalue weighted by atomic mass is 10.2. The lowest BCUT2D eigenvalue weighted by molar-refractivity contribution is -0.0168. The Labute approximate surface area is 104 Å². The van der Waals surface area contributed by atoms with Gasteiger partial charge in [-0.3, -0.25) is 4.57 Å². The summed E-state index contributed by atoms with van der Waals surface area (Å²) in [6.07, 6.45) is 2.21. The second-order valence-corrected chi connectivity index (χ2v) is 4.29. The molecule has 5 heteroatoms. The summed E-state index contributed by atoms with van der Waals surface area (Å²) >= 11 is 0. The van der Waals surface area contributed by atoms with Crippen LogP contribution in [-0.2, 0) is 16.5 Å². The van der Waals surface area contributed by atoms with E-state index in [4.69, 9.17) is 9.47 Å². The van der Waals surface area contributed by atoms with E-state index in [1.165, 1.54) is 0 Å². The van der Waals surface area contributed by atoms with Gasteiger partial charge in [-0.15, -0.1) is 0 Å². The minimum absolute atomic E-state index is 0.119. The summed E-state index contributed by atoms with van der Waals surface area (Å²) < 4.78 is 12.5. The van der Waals surface area contributed by atoms with Crippen LogP contribution in [0, 0.1) is 0 Å². The average Bonchev–Trinajstić information content (AvgIpc) is 2.95. The van der Waals surface area contributed by atoms with Gasteiger partial charge >= 0.3 is 5.69 Å². The molecule has 0 aliphatic carbocycles. The monoisotopic (exact) mass is 246 g/mol. The zero-order valence-electron chi connectivity index (χ0n) is 10.3. The van der Waals surface area contributed by atoms with Crippen LogP contribution >= 0.6 is 0 Å². The number of nitrogens with zero attached hydrogens (tertiary/aromatic N) is 1. The van der Waals surface area contributed by atoms with Gasteiger partial charge in [0, 0.05) is 19.0 Å². The molecule has 1 N–H and O–H groups in total. The summed E-state index contributed by atoms with van der Waals surface area (Å²) in [6.45, 7) is 2.00. The Morgan fingerprint density at radius 2 is 2.28 bits per heavy atom. The highest BCUT2D eigenvalue weighted by Crippen LogP contribution is 2.27. The highest BCUT2D eigenvalue weighted by atomic mass is 16.7. The predicted molar refractivity (Wildman–Crippen MR) is 67.8 cm³/mol. The molecule has 18 heavy (non-hydrogen) atoms. The van der Waals surface area contributed by atoms with Crippen LogP contribution in [0.3, 0.4) is 0 Å². The molecular weight excluding hydrogens is 232 g/mol. The van der Waals surface area contributed by atoms with Crippen LogP contribution in [0.4, 0.5) is 0 Å². The number of aryl methyl sites for hydroxylation is 1. The van der Waals surface area contributed by atoms with Crippen molar-refractivity contribution < 1.29 is 9.47 Å². The molecule has 2 heterocycles. The molecule has 0 saturated heterocycles. The first-order chi connectivity index (χ1) is 8.69. The molecule has 5 nitrogen and oxygen atoms in total. The first kappa shape index (κ1) is 11.0. The Hall–Kier alpha value is -2.17. The second kappa shape index (κ2) is 3.94. The van der Waals surface area contributed by atoms with E-state index in [2.05, 4.69) is 4.98 Å². The molecule has 0 spiro atoms. The molecule has 1 aliphatic rings. The molecule has 1 unspecified atom stereocenters. The Bertz CT molecular complexity index is 681. The van der Waals surface area contributed by atoms with Gasteiger partial charge in [-0.05, 0) is 18.2 Å². The molecule has 1 atom stereocenters. The van der Waals surface area contributed by atoms with E-state index >= 15 is 0 Å². The maximum atomic E-state index is 11.5. The number of hydrogen-bond donors (Lipinski definition) is 1. The van der Waals surface area contributed by atoms with Gasteiger partial charge in [-0.25, -0.2) is 4.79 Å². The van der Waals surface area contributed by atoms with Crippen molar-refractivity contribution in [1.29, 1.82) is 0 Å². The summed E-state index contributed by atoms with van der Waals surface area (Å²) in [5.74, 6) is 0.702. The van der Waals surface area contributed by atoms with E-state index < -0.39 is 0 Å². The fourth-order valence-corrected chi connectivity index (χ4v) is 2.04. The van der Waals surface area contributed by atoms with Gasteiger partial charge < -0.3 is 14.5 Å². The number of aromatic nitrogens is 2. The highest BCUT2D eigenvalue weighted by Gasteiger charge is 2.19. The molecule has 2 aromatic rings. The number of ether oxygens (including phenoxy) is 2. The van der Waals surface area contributed by atoms with Gasteiger partial charge in [0.25, 0.3) is 0 Å². The van der Waals surface area contributed by atoms with Crippen LogP contribution in [0.15, 0.2) is 29.3 Å². The first-order valence-electron chi connectivity index (χ1n) is 5.90. The Morgan fingerprint density at radius 3 is 3.00 bits per heavy atom. The van der Waals surface area contributed by atoms with E-state index in [9.17, 15) is 4.79 Å². The number of imidazole rings is 1. The summed E-state index contributed by atoms with van der Waals surface area (Å²) in [5.41, 5.74) is 2.45. The summed E-state index contributed by atoms with van der Waals surface area (Å²) in [5, 5.41) is 0. The third-order valence-electron chi connectivity index (χ3n) is 3.11. The molecule has 0 fully saturated rings. The molecule has 94 valence electrons. The molecule has 1 aromatic heterocycles. The number of aromatic amines is 1. The lowest BCUT2D eigenvalue weighted by Gasteiger charge is -2.08. The van der Waals surface area contributed by atoms with Crippen molar-refractivity contribution in [2.24, 2.45) is 7.05 Å². The van der Waals surface area contributed by atoms with Gasteiger partial charge in [0.05, 0.1) is 11.0 Å². The number of benzene rings is 1. The number of rotatable bonds is 2. The zero-order valence-corrected chi connectivity index (χ0v) is 10.3. The van der Waals surface area contributed by atoms with E-state index in [-0.39, 0.29) is 12.0 Å². The Kier molecular flexibility index (Phi) is 2.40. The summed E-state index contributed by atoms with van der Waals surface area (Å²) in [4.78, 5) is 14.3. The molecule has 0 radical (unpaired) electrons.